The van der Waals surface area contributed by atoms with Gasteiger partial charge < -0.3 is 15.5 Å². The van der Waals surface area contributed by atoms with Gasteiger partial charge in [-0.2, -0.15) is 13.2 Å². The summed E-state index contributed by atoms with van der Waals surface area (Å²) >= 11 is 0. The maximum Gasteiger partial charge on any atom is 0.416 e. The molecule has 0 bridgehead atoms. The van der Waals surface area contributed by atoms with Gasteiger partial charge in [0.25, 0.3) is 5.91 Å². The van der Waals surface area contributed by atoms with Gasteiger partial charge in [0, 0.05) is 43.3 Å². The number of hydrogen-bond acceptors (Lipinski definition) is 7. The summed E-state index contributed by atoms with van der Waals surface area (Å²) < 4.78 is 39.1. The van der Waals surface area contributed by atoms with Crippen LogP contribution in [0.25, 0.3) is 11.3 Å². The van der Waals surface area contributed by atoms with Crippen molar-refractivity contribution in [3.8, 4) is 11.3 Å². The van der Waals surface area contributed by atoms with E-state index >= 15 is 0 Å². The van der Waals surface area contributed by atoms with Gasteiger partial charge >= 0.3 is 6.18 Å². The number of alkyl halides is 3. The Labute approximate surface area is 223 Å². The van der Waals surface area contributed by atoms with Crippen LogP contribution in [0, 0.1) is 6.92 Å². The quantitative estimate of drug-likeness (QED) is 0.327. The summed E-state index contributed by atoms with van der Waals surface area (Å²) in [7, 11) is 0. The Bertz CT molecular complexity index is 1440. The van der Waals surface area contributed by atoms with Crippen LogP contribution in [0.2, 0.25) is 0 Å². The molecule has 5 rings (SSSR count). The number of nitrogens with zero attached hydrogens (tertiary/aromatic N) is 5. The molecule has 0 aromatic carbocycles. The highest BCUT2D eigenvalue weighted by molar-refractivity contribution is 5.92. The Morgan fingerprint density at radius 2 is 1.74 bits per heavy atom. The molecule has 1 aliphatic heterocycles. The number of nitrogens with one attached hydrogen (secondary N) is 2. The molecule has 1 aliphatic rings. The Morgan fingerprint density at radius 3 is 2.44 bits per heavy atom. The van der Waals surface area contributed by atoms with E-state index in [1.807, 2.05) is 30.0 Å². The molecule has 0 atom stereocenters. The van der Waals surface area contributed by atoms with Gasteiger partial charge in [-0.1, -0.05) is 6.07 Å². The monoisotopic (exact) mass is 533 g/mol. The van der Waals surface area contributed by atoms with Gasteiger partial charge in [0.2, 0.25) is 0 Å². The number of carbonyl (C=O) groups excluding carboxylic acids is 1. The van der Waals surface area contributed by atoms with Crippen LogP contribution in [0.15, 0.2) is 73.2 Å². The predicted octanol–water partition coefficient (Wildman–Crippen LogP) is 5.72. The van der Waals surface area contributed by atoms with Crippen LogP contribution in [-0.4, -0.2) is 49.9 Å². The summed E-state index contributed by atoms with van der Waals surface area (Å²) in [6, 6.07) is 14.7. The molecule has 2 N–H and O–H groups in total. The predicted molar refractivity (Wildman–Crippen MR) is 142 cm³/mol. The lowest BCUT2D eigenvalue weighted by atomic mass is 10.0. The van der Waals surface area contributed by atoms with Crippen molar-refractivity contribution in [3.05, 3.63) is 90.0 Å². The van der Waals surface area contributed by atoms with Gasteiger partial charge in [0.1, 0.15) is 23.1 Å². The number of aromatic nitrogens is 4. The van der Waals surface area contributed by atoms with Crippen molar-refractivity contribution in [2.24, 2.45) is 0 Å². The van der Waals surface area contributed by atoms with Crippen molar-refractivity contribution in [1.29, 1.82) is 0 Å². The Morgan fingerprint density at radius 1 is 0.923 bits per heavy atom. The van der Waals surface area contributed by atoms with Gasteiger partial charge in [0.05, 0.1) is 11.3 Å². The highest BCUT2D eigenvalue weighted by atomic mass is 19.4. The van der Waals surface area contributed by atoms with Crippen molar-refractivity contribution >= 4 is 23.4 Å². The molecule has 8 nitrogen and oxygen atoms in total. The fraction of sp³-hybridized carbons (Fsp3) is 0.250. The molecule has 11 heteroatoms. The molecule has 4 aromatic heterocycles. The number of aryl methyl sites for hydroxylation is 1. The third kappa shape index (κ3) is 6.49. The summed E-state index contributed by atoms with van der Waals surface area (Å²) in [5.41, 5.74) is 1.94. The van der Waals surface area contributed by atoms with E-state index in [-0.39, 0.29) is 17.8 Å². The zero-order valence-corrected chi connectivity index (χ0v) is 21.1. The first-order chi connectivity index (χ1) is 18.7. The number of anilines is 3. The maximum atomic E-state index is 13.0. The lowest BCUT2D eigenvalue weighted by Crippen LogP contribution is -2.42. The summed E-state index contributed by atoms with van der Waals surface area (Å²) in [5, 5.41) is 6.30. The fourth-order valence-electron chi connectivity index (χ4n) is 4.40. The Balaban J connectivity index is 1.21. The smallest absolute Gasteiger partial charge is 0.367 e. The lowest BCUT2D eigenvalue weighted by Gasteiger charge is -2.32. The first-order valence-corrected chi connectivity index (χ1v) is 12.5. The van der Waals surface area contributed by atoms with Crippen molar-refractivity contribution in [2.75, 3.05) is 23.7 Å². The largest absolute Gasteiger partial charge is 0.416 e. The SMILES string of the molecule is Cc1cc(Nc2cc(C(F)(F)F)ccn2)nc(-c2ccc(NC3CCN(C(=O)c4ccccn4)CC3)nc2)c1. The number of amides is 1. The van der Waals surface area contributed by atoms with Crippen molar-refractivity contribution < 1.29 is 18.0 Å². The van der Waals surface area contributed by atoms with Gasteiger partial charge in [0.15, 0.2) is 0 Å². The van der Waals surface area contributed by atoms with Crippen LogP contribution in [0.4, 0.5) is 30.6 Å². The van der Waals surface area contributed by atoms with Crippen LogP contribution in [0.5, 0.6) is 0 Å². The van der Waals surface area contributed by atoms with Crippen molar-refractivity contribution in [3.63, 3.8) is 0 Å². The Kier molecular flexibility index (Phi) is 7.40. The molecule has 1 fully saturated rings. The normalized spacial score (nSPS) is 14.2. The van der Waals surface area contributed by atoms with E-state index in [1.165, 1.54) is 0 Å². The van der Waals surface area contributed by atoms with E-state index in [9.17, 15) is 18.0 Å². The van der Waals surface area contributed by atoms with Gasteiger partial charge in [-0.05, 0) is 73.9 Å². The third-order valence-electron chi connectivity index (χ3n) is 6.39. The molecule has 1 amide bonds. The molecule has 4 aromatic rings. The number of rotatable bonds is 6. The molecule has 0 spiro atoms. The van der Waals surface area contributed by atoms with E-state index in [0.717, 1.165) is 42.3 Å². The molecule has 39 heavy (non-hydrogen) atoms. The molecule has 0 saturated carbocycles. The molecule has 0 unspecified atom stereocenters. The molecule has 0 radical (unpaired) electrons. The Hall–Kier alpha value is -4.54. The fourth-order valence-corrected chi connectivity index (χ4v) is 4.40. The molecule has 200 valence electrons. The van der Waals surface area contributed by atoms with Gasteiger partial charge in [-0.15, -0.1) is 0 Å². The van der Waals surface area contributed by atoms with E-state index < -0.39 is 11.7 Å². The number of piperidine rings is 1. The second-order valence-electron chi connectivity index (χ2n) is 9.33. The molecular weight excluding hydrogens is 507 g/mol. The number of carbonyl (C=O) groups is 1. The van der Waals surface area contributed by atoms with Crippen LogP contribution in [0.1, 0.15) is 34.5 Å². The van der Waals surface area contributed by atoms with E-state index in [4.69, 9.17) is 0 Å². The van der Waals surface area contributed by atoms with Gasteiger partial charge in [-0.3, -0.25) is 9.78 Å². The second kappa shape index (κ2) is 11.1. The number of hydrogen-bond donors (Lipinski definition) is 2. The second-order valence-corrected chi connectivity index (χ2v) is 9.33. The lowest BCUT2D eigenvalue weighted by molar-refractivity contribution is -0.137. The molecule has 0 aliphatic carbocycles. The highest BCUT2D eigenvalue weighted by Crippen LogP contribution is 2.31. The van der Waals surface area contributed by atoms with Crippen LogP contribution < -0.4 is 10.6 Å². The van der Waals surface area contributed by atoms with Gasteiger partial charge in [-0.25, -0.2) is 15.0 Å². The van der Waals surface area contributed by atoms with Crippen LogP contribution >= 0.6 is 0 Å². The van der Waals surface area contributed by atoms with E-state index in [1.54, 1.807) is 36.7 Å². The highest BCUT2D eigenvalue weighted by Gasteiger charge is 2.30. The van der Waals surface area contributed by atoms with E-state index in [2.05, 4.69) is 30.6 Å². The van der Waals surface area contributed by atoms with Crippen molar-refractivity contribution in [2.45, 2.75) is 32.0 Å². The summed E-state index contributed by atoms with van der Waals surface area (Å²) in [6.07, 6.45) is 1.56. The third-order valence-corrected chi connectivity index (χ3v) is 6.39. The number of pyridine rings is 4. The molecule has 5 heterocycles. The topological polar surface area (TPSA) is 95.9 Å². The maximum absolute atomic E-state index is 13.0. The minimum absolute atomic E-state index is 0.0549. The average Bonchev–Trinajstić information content (AvgIpc) is 2.93. The minimum Gasteiger partial charge on any atom is -0.367 e. The standard InChI is InChI=1S/C28H26F3N7O/c1-18-14-23(36-26(15-18)37-25-16-20(7-11-33-25)28(29,30)31)19-5-6-24(34-17-19)35-21-8-12-38(13-9-21)27(39)22-4-2-3-10-32-22/h2-7,10-11,14-17,21H,8-9,12-13H2,1H3,(H,34,35)(H,33,36,37). The van der Waals surface area contributed by atoms with Crippen molar-refractivity contribution in [1.82, 2.24) is 24.8 Å². The average molecular weight is 534 g/mol. The molecular formula is C28H26F3N7O. The van der Waals surface area contributed by atoms with E-state index in [0.29, 0.717) is 36.1 Å². The zero-order valence-electron chi connectivity index (χ0n) is 21.1. The van der Waals surface area contributed by atoms with Crippen LogP contribution in [0.3, 0.4) is 0 Å². The first-order valence-electron chi connectivity index (χ1n) is 12.5. The summed E-state index contributed by atoms with van der Waals surface area (Å²) in [5.74, 6) is 1.10. The van der Waals surface area contributed by atoms with Crippen LogP contribution in [-0.2, 0) is 6.18 Å². The summed E-state index contributed by atoms with van der Waals surface area (Å²) in [6.45, 7) is 3.15. The first kappa shape index (κ1) is 26.1. The number of likely N-dealkylation sites (tertiary alicyclic amines) is 1. The zero-order chi connectivity index (χ0) is 27.4. The summed E-state index contributed by atoms with van der Waals surface area (Å²) in [4.78, 5) is 31.6. The minimum atomic E-state index is -4.46. The molecule has 1 saturated heterocycles. The number of halogens is 3.